The van der Waals surface area contributed by atoms with Crippen LogP contribution in [0.25, 0.3) is 0 Å². The van der Waals surface area contributed by atoms with Gasteiger partial charge in [-0.15, -0.1) is 0 Å². The molecule has 146 valence electrons. The van der Waals surface area contributed by atoms with Crippen LogP contribution in [0.15, 0.2) is 59.1 Å². The van der Waals surface area contributed by atoms with Gasteiger partial charge in [0.15, 0.2) is 5.78 Å². The summed E-state index contributed by atoms with van der Waals surface area (Å²) >= 11 is 6.10. The fourth-order valence-electron chi connectivity index (χ4n) is 3.05. The maximum atomic E-state index is 12.9. The number of carbonyl (C=O) groups is 4. The summed E-state index contributed by atoms with van der Waals surface area (Å²) in [6, 6.07) is 11.0. The van der Waals surface area contributed by atoms with Crippen molar-refractivity contribution in [3.8, 4) is 0 Å². The summed E-state index contributed by atoms with van der Waals surface area (Å²) in [5, 5.41) is 12.8. The second-order valence-corrected chi connectivity index (χ2v) is 6.65. The molecule has 0 saturated carbocycles. The molecule has 0 aliphatic heterocycles. The van der Waals surface area contributed by atoms with Crippen molar-refractivity contribution in [1.29, 1.82) is 0 Å². The zero-order chi connectivity index (χ0) is 21.3. The lowest BCUT2D eigenvalue weighted by atomic mass is 9.81. The molecule has 1 aliphatic rings. The van der Waals surface area contributed by atoms with Gasteiger partial charge in [0.2, 0.25) is 11.7 Å². The summed E-state index contributed by atoms with van der Waals surface area (Å²) in [5.41, 5.74) is -0.482. The van der Waals surface area contributed by atoms with E-state index in [1.807, 2.05) is 0 Å². The number of hydrogen-bond acceptors (Lipinski definition) is 6. The van der Waals surface area contributed by atoms with Gasteiger partial charge in [0.1, 0.15) is 11.7 Å². The molecule has 2 aromatic carbocycles. The summed E-state index contributed by atoms with van der Waals surface area (Å²) in [6.07, 6.45) is 0. The highest BCUT2D eigenvalue weighted by molar-refractivity contribution is 6.50. The fraction of sp³-hybridized carbons (Fsp3) is 0.100. The first kappa shape index (κ1) is 20.1. The third-order valence-electron chi connectivity index (χ3n) is 4.38. The summed E-state index contributed by atoms with van der Waals surface area (Å²) in [6.45, 7) is 1.09. The van der Waals surface area contributed by atoms with Gasteiger partial charge in [-0.25, -0.2) is 0 Å². The lowest BCUT2D eigenvalue weighted by molar-refractivity contribution is -0.384. The molecule has 0 aromatic heterocycles. The molecule has 0 saturated heterocycles. The predicted octanol–water partition coefficient (Wildman–Crippen LogP) is 3.31. The number of nitrogens with one attached hydrogen (secondary N) is 1. The molecule has 1 atom stereocenters. The van der Waals surface area contributed by atoms with Gasteiger partial charge in [0, 0.05) is 34.5 Å². The lowest BCUT2D eigenvalue weighted by Crippen LogP contribution is -2.36. The van der Waals surface area contributed by atoms with Crippen LogP contribution in [-0.2, 0) is 9.59 Å². The Morgan fingerprint density at radius 2 is 1.66 bits per heavy atom. The van der Waals surface area contributed by atoms with Gasteiger partial charge >= 0.3 is 0 Å². The number of amides is 1. The molecule has 1 aliphatic carbocycles. The van der Waals surface area contributed by atoms with Crippen molar-refractivity contribution in [1.82, 2.24) is 0 Å². The van der Waals surface area contributed by atoms with Gasteiger partial charge in [0.25, 0.3) is 5.69 Å². The van der Waals surface area contributed by atoms with Crippen LogP contribution >= 0.6 is 11.6 Å². The van der Waals surface area contributed by atoms with Gasteiger partial charge in [-0.05, 0) is 13.0 Å². The van der Waals surface area contributed by atoms with Crippen LogP contribution in [0.4, 0.5) is 11.4 Å². The van der Waals surface area contributed by atoms with Crippen LogP contribution in [0.2, 0.25) is 0 Å². The molecule has 0 radical (unpaired) electrons. The number of nitro groups is 1. The van der Waals surface area contributed by atoms with Gasteiger partial charge in [-0.2, -0.15) is 0 Å². The maximum absolute atomic E-state index is 12.9. The van der Waals surface area contributed by atoms with Gasteiger partial charge in [0.05, 0.1) is 9.96 Å². The first-order valence-electron chi connectivity index (χ1n) is 8.36. The number of ketones is 3. The van der Waals surface area contributed by atoms with E-state index in [1.165, 1.54) is 30.3 Å². The normalized spacial score (nSPS) is 14.3. The SMILES string of the molecule is CC(=O)C(C(=O)Nc1cccc([N+](=O)[O-])c1)C1=C(Cl)C(=O)c2ccccc2C1=O. The first-order chi connectivity index (χ1) is 13.7. The number of Topliss-reactive ketones (excluding diaryl/α,β-unsaturated/α-hetero) is 3. The van der Waals surface area contributed by atoms with E-state index < -0.39 is 44.7 Å². The molecule has 9 heteroatoms. The quantitative estimate of drug-likeness (QED) is 0.456. The molecule has 1 amide bonds. The molecule has 0 fully saturated rings. The van der Waals surface area contributed by atoms with E-state index in [9.17, 15) is 29.3 Å². The van der Waals surface area contributed by atoms with Crippen LogP contribution in [0.3, 0.4) is 0 Å². The minimum Gasteiger partial charge on any atom is -0.325 e. The molecule has 3 rings (SSSR count). The predicted molar refractivity (Wildman–Crippen MR) is 104 cm³/mol. The summed E-state index contributed by atoms with van der Waals surface area (Å²) in [4.78, 5) is 60.7. The highest BCUT2D eigenvalue weighted by Gasteiger charge is 2.40. The van der Waals surface area contributed by atoms with Crippen LogP contribution < -0.4 is 5.32 Å². The van der Waals surface area contributed by atoms with Crippen molar-refractivity contribution in [2.24, 2.45) is 5.92 Å². The molecule has 1 unspecified atom stereocenters. The minimum absolute atomic E-state index is 0.0475. The number of benzene rings is 2. The first-order valence-corrected chi connectivity index (χ1v) is 8.74. The van der Waals surface area contributed by atoms with E-state index in [0.29, 0.717) is 0 Å². The number of hydrogen-bond donors (Lipinski definition) is 1. The maximum Gasteiger partial charge on any atom is 0.271 e. The van der Waals surface area contributed by atoms with E-state index in [4.69, 9.17) is 11.6 Å². The highest BCUT2D eigenvalue weighted by Crippen LogP contribution is 2.33. The van der Waals surface area contributed by atoms with Gasteiger partial charge in [-0.1, -0.05) is 41.9 Å². The molecular weight excluding hydrogens is 400 g/mol. The molecule has 0 heterocycles. The summed E-state index contributed by atoms with van der Waals surface area (Å²) in [7, 11) is 0. The number of rotatable bonds is 5. The number of halogens is 1. The van der Waals surface area contributed by atoms with Crippen molar-refractivity contribution in [2.75, 3.05) is 5.32 Å². The monoisotopic (exact) mass is 412 g/mol. The molecule has 29 heavy (non-hydrogen) atoms. The fourth-order valence-corrected chi connectivity index (χ4v) is 3.35. The van der Waals surface area contributed by atoms with E-state index in [1.54, 1.807) is 12.1 Å². The third-order valence-corrected chi connectivity index (χ3v) is 4.75. The molecule has 2 aromatic rings. The Balaban J connectivity index is 2.01. The Hall–Kier alpha value is -3.65. The smallest absolute Gasteiger partial charge is 0.271 e. The van der Waals surface area contributed by atoms with E-state index in [2.05, 4.69) is 5.32 Å². The standard InChI is InChI=1S/C20H13ClN2O6/c1-10(24)15(20(27)22-11-5-4-6-12(9-11)23(28)29)16-17(21)19(26)14-8-3-2-7-13(14)18(16)25/h2-9,15H,1H3,(H,22,27). The molecular formula is C20H13ClN2O6. The Kier molecular flexibility index (Phi) is 5.38. The average Bonchev–Trinajstić information content (AvgIpc) is 2.69. The second kappa shape index (κ2) is 7.76. The Morgan fingerprint density at radius 1 is 1.03 bits per heavy atom. The van der Waals surface area contributed by atoms with Crippen LogP contribution in [0.1, 0.15) is 27.6 Å². The summed E-state index contributed by atoms with van der Waals surface area (Å²) < 4.78 is 0. The van der Waals surface area contributed by atoms with Gasteiger partial charge < -0.3 is 5.32 Å². The number of nitrogens with zero attached hydrogens (tertiary/aromatic N) is 1. The molecule has 0 spiro atoms. The van der Waals surface area contributed by atoms with Crippen molar-refractivity contribution in [3.63, 3.8) is 0 Å². The van der Waals surface area contributed by atoms with Crippen molar-refractivity contribution < 1.29 is 24.1 Å². The largest absolute Gasteiger partial charge is 0.325 e. The Bertz CT molecular complexity index is 1120. The number of allylic oxidation sites excluding steroid dienone is 1. The van der Waals surface area contributed by atoms with Gasteiger partial charge in [-0.3, -0.25) is 29.3 Å². The van der Waals surface area contributed by atoms with Crippen LogP contribution in [0.5, 0.6) is 0 Å². The molecule has 1 N–H and O–H groups in total. The van der Waals surface area contributed by atoms with Crippen LogP contribution in [0, 0.1) is 16.0 Å². The average molecular weight is 413 g/mol. The van der Waals surface area contributed by atoms with Crippen molar-refractivity contribution in [3.05, 3.63) is 80.4 Å². The van der Waals surface area contributed by atoms with E-state index in [0.717, 1.165) is 13.0 Å². The minimum atomic E-state index is -1.65. The topological polar surface area (TPSA) is 123 Å². The van der Waals surface area contributed by atoms with E-state index in [-0.39, 0.29) is 22.5 Å². The third kappa shape index (κ3) is 3.70. The number of fused-ring (bicyclic) bond motifs is 1. The van der Waals surface area contributed by atoms with Crippen molar-refractivity contribution >= 4 is 46.2 Å². The summed E-state index contributed by atoms with van der Waals surface area (Å²) in [5.74, 6) is -4.63. The Labute approximate surface area is 169 Å². The number of nitro benzene ring substituents is 1. The highest BCUT2D eigenvalue weighted by atomic mass is 35.5. The molecule has 8 nitrogen and oxygen atoms in total. The second-order valence-electron chi connectivity index (χ2n) is 6.27. The zero-order valence-corrected chi connectivity index (χ0v) is 15.7. The number of carbonyl (C=O) groups excluding carboxylic acids is 4. The number of anilines is 1. The van der Waals surface area contributed by atoms with Crippen molar-refractivity contribution in [2.45, 2.75) is 6.92 Å². The Morgan fingerprint density at radius 3 is 2.24 bits per heavy atom. The van der Waals surface area contributed by atoms with E-state index >= 15 is 0 Å². The number of non-ortho nitro benzene ring substituents is 1. The molecule has 0 bridgehead atoms. The van der Waals surface area contributed by atoms with Crippen LogP contribution in [-0.4, -0.2) is 28.2 Å². The lowest BCUT2D eigenvalue weighted by Gasteiger charge is -2.22. The zero-order valence-electron chi connectivity index (χ0n) is 15.0.